The summed E-state index contributed by atoms with van der Waals surface area (Å²) in [5.41, 5.74) is -0.109. The van der Waals surface area contributed by atoms with Gasteiger partial charge in [-0.05, 0) is 18.6 Å². The molecule has 1 unspecified atom stereocenters. The molecule has 1 fully saturated rings. The molecular weight excluding hydrogens is 251 g/mol. The number of halogens is 1. The highest BCUT2D eigenvalue weighted by atomic mass is 19.1. The van der Waals surface area contributed by atoms with Crippen molar-refractivity contribution in [3.8, 4) is 5.75 Å². The normalized spacial score (nSPS) is 18.6. The first-order valence-corrected chi connectivity index (χ1v) is 6.02. The van der Waals surface area contributed by atoms with Crippen molar-refractivity contribution in [3.63, 3.8) is 0 Å². The minimum Gasteiger partial charge on any atom is -0.496 e. The van der Waals surface area contributed by atoms with Gasteiger partial charge in [0.05, 0.1) is 7.11 Å². The third kappa shape index (κ3) is 3.01. The van der Waals surface area contributed by atoms with Crippen molar-refractivity contribution in [2.45, 2.75) is 18.9 Å². The zero-order valence-corrected chi connectivity index (χ0v) is 10.5. The maximum absolute atomic E-state index is 13.7. The lowest BCUT2D eigenvalue weighted by atomic mass is 10.1. The first kappa shape index (κ1) is 13.3. The van der Waals surface area contributed by atoms with Crippen LogP contribution in [0.15, 0.2) is 18.2 Å². The Morgan fingerprint density at radius 2 is 2.32 bits per heavy atom. The molecule has 0 spiro atoms. The largest absolute Gasteiger partial charge is 0.496 e. The average molecular weight is 266 g/mol. The van der Waals surface area contributed by atoms with Gasteiger partial charge in [-0.25, -0.2) is 4.39 Å². The van der Waals surface area contributed by atoms with Crippen LogP contribution in [0, 0.1) is 5.82 Å². The molecule has 1 saturated heterocycles. The van der Waals surface area contributed by atoms with Gasteiger partial charge in [-0.2, -0.15) is 0 Å². The van der Waals surface area contributed by atoms with E-state index in [0.29, 0.717) is 19.4 Å². The molecular formula is C13H15FN2O3. The monoisotopic (exact) mass is 266 g/mol. The van der Waals surface area contributed by atoms with E-state index < -0.39 is 11.7 Å². The molecule has 0 saturated carbocycles. The first-order valence-electron chi connectivity index (χ1n) is 6.02. The summed E-state index contributed by atoms with van der Waals surface area (Å²) in [6.07, 6.45) is 0.910. The van der Waals surface area contributed by atoms with Crippen LogP contribution in [0.1, 0.15) is 23.2 Å². The molecule has 2 rings (SSSR count). The number of ether oxygens (including phenoxy) is 1. The van der Waals surface area contributed by atoms with Crippen LogP contribution < -0.4 is 15.4 Å². The Balaban J connectivity index is 2.10. The topological polar surface area (TPSA) is 67.4 Å². The summed E-state index contributed by atoms with van der Waals surface area (Å²) in [6, 6.07) is 4.03. The molecule has 1 heterocycles. The van der Waals surface area contributed by atoms with Crippen molar-refractivity contribution >= 4 is 11.8 Å². The highest BCUT2D eigenvalue weighted by molar-refractivity contribution is 5.97. The van der Waals surface area contributed by atoms with Crippen LogP contribution in [-0.2, 0) is 4.79 Å². The average Bonchev–Trinajstić information content (AvgIpc) is 2.40. The van der Waals surface area contributed by atoms with Gasteiger partial charge < -0.3 is 15.4 Å². The molecule has 1 atom stereocenters. The van der Waals surface area contributed by atoms with Gasteiger partial charge in [0, 0.05) is 19.0 Å². The molecule has 19 heavy (non-hydrogen) atoms. The zero-order valence-electron chi connectivity index (χ0n) is 10.5. The summed E-state index contributed by atoms with van der Waals surface area (Å²) in [5, 5.41) is 5.35. The summed E-state index contributed by atoms with van der Waals surface area (Å²) in [4.78, 5) is 23.1. The second-order valence-electron chi connectivity index (χ2n) is 4.33. The van der Waals surface area contributed by atoms with Gasteiger partial charge >= 0.3 is 0 Å². The number of benzene rings is 1. The smallest absolute Gasteiger partial charge is 0.258 e. The van der Waals surface area contributed by atoms with E-state index >= 15 is 0 Å². The number of hydrogen-bond donors (Lipinski definition) is 2. The Kier molecular flexibility index (Phi) is 3.99. The number of nitrogens with one attached hydrogen (secondary N) is 2. The van der Waals surface area contributed by atoms with Crippen LogP contribution in [0.4, 0.5) is 4.39 Å². The van der Waals surface area contributed by atoms with Crippen LogP contribution in [-0.4, -0.2) is 31.5 Å². The predicted molar refractivity (Wildman–Crippen MR) is 66.4 cm³/mol. The number of rotatable bonds is 3. The fourth-order valence-electron chi connectivity index (χ4n) is 2.01. The minimum atomic E-state index is -0.628. The zero-order chi connectivity index (χ0) is 13.8. The number of methoxy groups -OCH3 is 1. The molecule has 0 bridgehead atoms. The number of carbonyl (C=O) groups is 2. The molecule has 0 aromatic heterocycles. The molecule has 102 valence electrons. The summed E-state index contributed by atoms with van der Waals surface area (Å²) in [7, 11) is 1.38. The number of piperidine rings is 1. The Bertz CT molecular complexity index is 495. The number of hydrogen-bond acceptors (Lipinski definition) is 3. The lowest BCUT2D eigenvalue weighted by Gasteiger charge is -2.23. The van der Waals surface area contributed by atoms with Gasteiger partial charge in [-0.3, -0.25) is 9.59 Å². The summed E-state index contributed by atoms with van der Waals surface area (Å²) >= 11 is 0. The summed E-state index contributed by atoms with van der Waals surface area (Å²) in [6.45, 7) is 0.362. The van der Waals surface area contributed by atoms with Crippen molar-refractivity contribution in [2.24, 2.45) is 0 Å². The van der Waals surface area contributed by atoms with Gasteiger partial charge in [0.1, 0.15) is 17.1 Å². The van der Waals surface area contributed by atoms with E-state index in [1.54, 1.807) is 0 Å². The van der Waals surface area contributed by atoms with E-state index in [1.807, 2.05) is 0 Å². The van der Waals surface area contributed by atoms with Gasteiger partial charge in [0.25, 0.3) is 5.91 Å². The van der Waals surface area contributed by atoms with Crippen LogP contribution in [0.5, 0.6) is 5.75 Å². The molecule has 1 aromatic carbocycles. The fraction of sp³-hybridized carbons (Fsp3) is 0.385. The van der Waals surface area contributed by atoms with Crippen LogP contribution in [0.2, 0.25) is 0 Å². The molecule has 1 aromatic rings. The van der Waals surface area contributed by atoms with Crippen molar-refractivity contribution in [1.82, 2.24) is 10.6 Å². The molecule has 1 aliphatic heterocycles. The number of amides is 2. The highest BCUT2D eigenvalue weighted by Gasteiger charge is 2.23. The van der Waals surface area contributed by atoms with E-state index in [0.717, 1.165) is 0 Å². The SMILES string of the molecule is COc1cccc(F)c1C(=O)NC1CCC(=O)NC1. The Hall–Kier alpha value is -2.11. The van der Waals surface area contributed by atoms with Gasteiger partial charge in [0.2, 0.25) is 5.91 Å². The number of carbonyl (C=O) groups excluding carboxylic acids is 2. The maximum Gasteiger partial charge on any atom is 0.258 e. The molecule has 6 heteroatoms. The molecule has 5 nitrogen and oxygen atoms in total. The molecule has 1 aliphatic rings. The molecule has 2 N–H and O–H groups in total. The van der Waals surface area contributed by atoms with Gasteiger partial charge in [-0.15, -0.1) is 0 Å². The van der Waals surface area contributed by atoms with Crippen LogP contribution in [0.25, 0.3) is 0 Å². The quantitative estimate of drug-likeness (QED) is 0.852. The molecule has 2 amide bonds. The summed E-state index contributed by atoms with van der Waals surface area (Å²) in [5.74, 6) is -1.00. The van der Waals surface area contributed by atoms with E-state index in [1.165, 1.54) is 25.3 Å². The van der Waals surface area contributed by atoms with Crippen LogP contribution >= 0.6 is 0 Å². The van der Waals surface area contributed by atoms with E-state index in [-0.39, 0.29) is 23.3 Å². The van der Waals surface area contributed by atoms with Crippen molar-refractivity contribution < 1.29 is 18.7 Å². The second-order valence-corrected chi connectivity index (χ2v) is 4.33. The molecule has 0 radical (unpaired) electrons. The second kappa shape index (κ2) is 5.69. The highest BCUT2D eigenvalue weighted by Crippen LogP contribution is 2.21. The van der Waals surface area contributed by atoms with Crippen molar-refractivity contribution in [3.05, 3.63) is 29.6 Å². The third-order valence-electron chi connectivity index (χ3n) is 3.02. The lowest BCUT2D eigenvalue weighted by Crippen LogP contribution is -2.47. The van der Waals surface area contributed by atoms with E-state index in [9.17, 15) is 14.0 Å². The Morgan fingerprint density at radius 1 is 1.53 bits per heavy atom. The Morgan fingerprint density at radius 3 is 2.95 bits per heavy atom. The Labute approximate surface area is 110 Å². The molecule has 0 aliphatic carbocycles. The third-order valence-corrected chi connectivity index (χ3v) is 3.02. The summed E-state index contributed by atoms with van der Waals surface area (Å²) < 4.78 is 18.7. The van der Waals surface area contributed by atoms with Gasteiger partial charge in [0.15, 0.2) is 0 Å². The van der Waals surface area contributed by atoms with Gasteiger partial charge in [-0.1, -0.05) is 6.07 Å². The van der Waals surface area contributed by atoms with E-state index in [2.05, 4.69) is 10.6 Å². The first-order chi connectivity index (χ1) is 9.11. The standard InChI is InChI=1S/C13H15FN2O3/c1-19-10-4-2-3-9(14)12(10)13(18)16-8-5-6-11(17)15-7-8/h2-4,8H,5-7H2,1H3,(H,15,17)(H,16,18). The lowest BCUT2D eigenvalue weighted by molar-refractivity contribution is -0.122. The fourth-order valence-corrected chi connectivity index (χ4v) is 2.01. The van der Waals surface area contributed by atoms with Crippen molar-refractivity contribution in [2.75, 3.05) is 13.7 Å². The maximum atomic E-state index is 13.7. The predicted octanol–water partition coefficient (Wildman–Crippen LogP) is 0.843. The van der Waals surface area contributed by atoms with Crippen molar-refractivity contribution in [1.29, 1.82) is 0 Å². The van der Waals surface area contributed by atoms with E-state index in [4.69, 9.17) is 4.74 Å². The minimum absolute atomic E-state index is 0.0334. The van der Waals surface area contributed by atoms with Crippen LogP contribution in [0.3, 0.4) is 0 Å².